The van der Waals surface area contributed by atoms with Crippen molar-refractivity contribution in [3.8, 4) is 0 Å². The maximum Gasteiger partial charge on any atom is 0.326 e. The Balaban J connectivity index is 1.64. The number of nitrogens with one attached hydrogen (secondary N) is 3. The molecule has 1 aliphatic carbocycles. The quantitative estimate of drug-likeness (QED) is 0.359. The van der Waals surface area contributed by atoms with E-state index in [0.29, 0.717) is 37.1 Å². The molecule has 1 aliphatic rings. The van der Waals surface area contributed by atoms with E-state index in [4.69, 9.17) is 23.2 Å². The van der Waals surface area contributed by atoms with E-state index >= 15 is 0 Å². The van der Waals surface area contributed by atoms with Gasteiger partial charge in [-0.05, 0) is 49.1 Å². The molecule has 0 bridgehead atoms. The van der Waals surface area contributed by atoms with Gasteiger partial charge in [0.05, 0.1) is 21.0 Å². The lowest BCUT2D eigenvalue weighted by Crippen LogP contribution is -2.49. The van der Waals surface area contributed by atoms with Gasteiger partial charge in [0.15, 0.2) is 0 Å². The molecule has 0 radical (unpaired) electrons. The molecule has 10 heteroatoms. The van der Waals surface area contributed by atoms with E-state index in [-0.39, 0.29) is 33.8 Å². The highest BCUT2D eigenvalue weighted by Crippen LogP contribution is 2.41. The van der Waals surface area contributed by atoms with Gasteiger partial charge in [-0.25, -0.2) is 4.79 Å². The fraction of sp³-hybridized carbons (Fsp3) is 0.385. The van der Waals surface area contributed by atoms with Gasteiger partial charge in [0.2, 0.25) is 11.8 Å². The second-order valence-electron chi connectivity index (χ2n) is 9.04. The van der Waals surface area contributed by atoms with Gasteiger partial charge in [0.25, 0.3) is 5.91 Å². The number of aliphatic carboxylic acids is 1. The smallest absolute Gasteiger partial charge is 0.326 e. The molecule has 1 fully saturated rings. The Hall–Kier alpha value is -3.10. The highest BCUT2D eigenvalue weighted by Gasteiger charge is 2.42. The maximum atomic E-state index is 13.2. The van der Waals surface area contributed by atoms with E-state index in [0.717, 1.165) is 12.8 Å². The summed E-state index contributed by atoms with van der Waals surface area (Å²) in [7, 11) is 0. The maximum absolute atomic E-state index is 13.2. The first kappa shape index (κ1) is 27.5. The SMILES string of the molecule is CC(=O)NCCC1(C(=O)N[C@@H](Cc2ccc(NC(=O)c3c(Cl)cccc3Cl)cc2)C(=O)O)CCCC1. The lowest BCUT2D eigenvalue weighted by atomic mass is 9.81. The van der Waals surface area contributed by atoms with Crippen LogP contribution >= 0.6 is 23.2 Å². The van der Waals surface area contributed by atoms with Crippen LogP contribution in [0.1, 0.15) is 54.9 Å². The molecule has 192 valence electrons. The zero-order valence-corrected chi connectivity index (χ0v) is 21.4. The van der Waals surface area contributed by atoms with Crippen LogP contribution in [0.5, 0.6) is 0 Å². The van der Waals surface area contributed by atoms with Gasteiger partial charge in [0, 0.05) is 25.6 Å². The molecule has 3 rings (SSSR count). The Morgan fingerprint density at radius 2 is 1.61 bits per heavy atom. The molecule has 0 spiro atoms. The lowest BCUT2D eigenvalue weighted by Gasteiger charge is -2.29. The fourth-order valence-corrected chi connectivity index (χ4v) is 5.07. The van der Waals surface area contributed by atoms with Gasteiger partial charge in [-0.15, -0.1) is 0 Å². The third kappa shape index (κ3) is 6.98. The van der Waals surface area contributed by atoms with Crippen LogP contribution in [0, 0.1) is 5.41 Å². The summed E-state index contributed by atoms with van der Waals surface area (Å²) in [6.07, 6.45) is 3.64. The molecule has 8 nitrogen and oxygen atoms in total. The van der Waals surface area contributed by atoms with Crippen LogP contribution in [-0.4, -0.2) is 41.4 Å². The van der Waals surface area contributed by atoms with Crippen molar-refractivity contribution in [2.24, 2.45) is 5.41 Å². The fourth-order valence-electron chi connectivity index (χ4n) is 4.50. The Morgan fingerprint density at radius 3 is 2.17 bits per heavy atom. The van der Waals surface area contributed by atoms with Crippen molar-refractivity contribution in [2.75, 3.05) is 11.9 Å². The second-order valence-corrected chi connectivity index (χ2v) is 9.85. The lowest BCUT2D eigenvalue weighted by molar-refractivity contribution is -0.144. The van der Waals surface area contributed by atoms with Crippen LogP contribution in [0.25, 0.3) is 0 Å². The highest BCUT2D eigenvalue weighted by molar-refractivity contribution is 6.40. The monoisotopic (exact) mass is 533 g/mol. The molecular formula is C26H29Cl2N3O5. The Bertz CT molecular complexity index is 1110. The number of carbonyl (C=O) groups excluding carboxylic acids is 3. The van der Waals surface area contributed by atoms with Crippen LogP contribution in [0.4, 0.5) is 5.69 Å². The molecule has 0 unspecified atom stereocenters. The van der Waals surface area contributed by atoms with E-state index < -0.39 is 23.3 Å². The van der Waals surface area contributed by atoms with Gasteiger partial charge >= 0.3 is 5.97 Å². The zero-order chi connectivity index (χ0) is 26.3. The summed E-state index contributed by atoms with van der Waals surface area (Å²) in [6, 6.07) is 10.3. The number of halogens is 2. The molecule has 0 aliphatic heterocycles. The van der Waals surface area contributed by atoms with Crippen molar-refractivity contribution in [1.29, 1.82) is 0 Å². The van der Waals surface area contributed by atoms with Crippen molar-refractivity contribution in [3.63, 3.8) is 0 Å². The number of anilines is 1. The standard InChI is InChI=1S/C26H29Cl2N3O5/c1-16(32)29-14-13-26(11-2-3-12-26)25(36)31-21(24(34)35)15-17-7-9-18(10-8-17)30-23(33)22-19(27)5-4-6-20(22)28/h4-10,21H,2-3,11-15H2,1H3,(H,29,32)(H,30,33)(H,31,36)(H,34,35)/t21-/m0/s1. The average molecular weight is 534 g/mol. The number of rotatable bonds is 10. The van der Waals surface area contributed by atoms with E-state index in [1.54, 1.807) is 42.5 Å². The van der Waals surface area contributed by atoms with Crippen LogP contribution < -0.4 is 16.0 Å². The Morgan fingerprint density at radius 1 is 1.00 bits per heavy atom. The number of carboxylic acids is 1. The molecule has 3 amide bonds. The van der Waals surface area contributed by atoms with E-state index in [9.17, 15) is 24.3 Å². The summed E-state index contributed by atoms with van der Waals surface area (Å²) in [5, 5.41) is 18.4. The summed E-state index contributed by atoms with van der Waals surface area (Å²) in [5.74, 6) is -2.06. The van der Waals surface area contributed by atoms with Crippen LogP contribution in [0.15, 0.2) is 42.5 Å². The van der Waals surface area contributed by atoms with Crippen LogP contribution in [0.2, 0.25) is 10.0 Å². The largest absolute Gasteiger partial charge is 0.480 e. The van der Waals surface area contributed by atoms with Gasteiger partial charge < -0.3 is 21.1 Å². The first-order valence-corrected chi connectivity index (χ1v) is 12.5. The van der Waals surface area contributed by atoms with Gasteiger partial charge in [0.1, 0.15) is 6.04 Å². The normalized spacial score (nSPS) is 15.1. The summed E-state index contributed by atoms with van der Waals surface area (Å²) >= 11 is 12.2. The average Bonchev–Trinajstić information content (AvgIpc) is 3.29. The summed E-state index contributed by atoms with van der Waals surface area (Å²) in [4.78, 5) is 48.9. The van der Waals surface area contributed by atoms with Gasteiger partial charge in [-0.2, -0.15) is 0 Å². The molecule has 2 aromatic rings. The molecule has 4 N–H and O–H groups in total. The number of benzene rings is 2. The molecule has 1 atom stereocenters. The van der Waals surface area contributed by atoms with Gasteiger partial charge in [-0.1, -0.05) is 54.2 Å². The second kappa shape index (κ2) is 12.2. The number of hydrogen-bond acceptors (Lipinski definition) is 4. The molecule has 0 aromatic heterocycles. The number of amides is 3. The summed E-state index contributed by atoms with van der Waals surface area (Å²) in [6.45, 7) is 1.79. The predicted octanol–water partition coefficient (Wildman–Crippen LogP) is 4.44. The van der Waals surface area contributed by atoms with E-state index in [1.807, 2.05) is 0 Å². The topological polar surface area (TPSA) is 125 Å². The molecule has 0 heterocycles. The van der Waals surface area contributed by atoms with Crippen LogP contribution in [0.3, 0.4) is 0 Å². The number of carbonyl (C=O) groups is 4. The minimum absolute atomic E-state index is 0.0768. The van der Waals surface area contributed by atoms with Crippen LogP contribution in [-0.2, 0) is 20.8 Å². The highest BCUT2D eigenvalue weighted by atomic mass is 35.5. The minimum atomic E-state index is -1.14. The predicted molar refractivity (Wildman–Crippen MR) is 138 cm³/mol. The number of hydrogen-bond donors (Lipinski definition) is 4. The molecule has 1 saturated carbocycles. The minimum Gasteiger partial charge on any atom is -0.480 e. The number of carboxylic acid groups (broad SMARTS) is 1. The van der Waals surface area contributed by atoms with Crippen molar-refractivity contribution in [2.45, 2.75) is 51.5 Å². The van der Waals surface area contributed by atoms with E-state index in [1.165, 1.54) is 6.92 Å². The Kier molecular flexibility index (Phi) is 9.34. The zero-order valence-electron chi connectivity index (χ0n) is 19.9. The molecule has 2 aromatic carbocycles. The first-order valence-electron chi connectivity index (χ1n) is 11.7. The van der Waals surface area contributed by atoms with E-state index in [2.05, 4.69) is 16.0 Å². The Labute approximate surface area is 219 Å². The van der Waals surface area contributed by atoms with Crippen molar-refractivity contribution in [1.82, 2.24) is 10.6 Å². The third-order valence-electron chi connectivity index (χ3n) is 6.46. The molecule has 36 heavy (non-hydrogen) atoms. The van der Waals surface area contributed by atoms with Crippen molar-refractivity contribution in [3.05, 3.63) is 63.6 Å². The van der Waals surface area contributed by atoms with Crippen molar-refractivity contribution < 1.29 is 24.3 Å². The summed E-state index contributed by atoms with van der Waals surface area (Å²) < 4.78 is 0. The molecular weight excluding hydrogens is 505 g/mol. The van der Waals surface area contributed by atoms with Crippen molar-refractivity contribution >= 4 is 52.6 Å². The summed E-state index contributed by atoms with van der Waals surface area (Å²) in [5.41, 5.74) is 0.649. The third-order valence-corrected chi connectivity index (χ3v) is 7.09. The first-order chi connectivity index (χ1) is 17.1. The molecule has 0 saturated heterocycles. The van der Waals surface area contributed by atoms with Gasteiger partial charge in [-0.3, -0.25) is 14.4 Å².